The lowest BCUT2D eigenvalue weighted by Crippen LogP contribution is -2.28. The molecule has 0 spiro atoms. The first-order valence-corrected chi connectivity index (χ1v) is 6.55. The van der Waals surface area contributed by atoms with Crippen LogP contribution in [0.25, 0.3) is 0 Å². The molecule has 0 aromatic carbocycles. The third kappa shape index (κ3) is 5.31. The van der Waals surface area contributed by atoms with Gasteiger partial charge in [0.05, 0.1) is 12.4 Å². The topological polar surface area (TPSA) is 67.2 Å². The summed E-state index contributed by atoms with van der Waals surface area (Å²) in [7, 11) is 0. The standard InChI is InChI=1S/C13H23N3O2/c1-3-4-12(16-8-7-14-10-16)9-13(18)15-6-5-11(2)17/h7-8,10-12,17H,3-6,9H2,1-2H3,(H,15,18). The lowest BCUT2D eigenvalue weighted by molar-refractivity contribution is -0.121. The first kappa shape index (κ1) is 14.7. The van der Waals surface area contributed by atoms with Crippen molar-refractivity contribution in [3.05, 3.63) is 18.7 Å². The summed E-state index contributed by atoms with van der Waals surface area (Å²) in [6, 6.07) is 0.170. The van der Waals surface area contributed by atoms with Gasteiger partial charge >= 0.3 is 0 Å². The van der Waals surface area contributed by atoms with Crippen LogP contribution in [0, 0.1) is 0 Å². The van der Waals surface area contributed by atoms with Gasteiger partial charge in [-0.05, 0) is 19.8 Å². The maximum Gasteiger partial charge on any atom is 0.222 e. The zero-order valence-corrected chi connectivity index (χ0v) is 11.2. The molecule has 2 unspecified atom stereocenters. The molecule has 0 radical (unpaired) electrons. The highest BCUT2D eigenvalue weighted by molar-refractivity contribution is 5.76. The monoisotopic (exact) mass is 253 g/mol. The minimum atomic E-state index is -0.370. The van der Waals surface area contributed by atoms with E-state index in [9.17, 15) is 4.79 Å². The number of aromatic nitrogens is 2. The molecule has 0 saturated carbocycles. The molecule has 2 atom stereocenters. The molecule has 1 rings (SSSR count). The normalized spacial score (nSPS) is 14.2. The second-order valence-electron chi connectivity index (χ2n) is 4.64. The summed E-state index contributed by atoms with van der Waals surface area (Å²) in [5, 5.41) is 12.0. The second-order valence-corrected chi connectivity index (χ2v) is 4.64. The number of carbonyl (C=O) groups excluding carboxylic acids is 1. The number of nitrogens with one attached hydrogen (secondary N) is 1. The Morgan fingerprint density at radius 2 is 2.28 bits per heavy atom. The molecule has 102 valence electrons. The number of amides is 1. The van der Waals surface area contributed by atoms with Gasteiger partial charge in [0.2, 0.25) is 5.91 Å². The molecular formula is C13H23N3O2. The van der Waals surface area contributed by atoms with Crippen LogP contribution in [0.2, 0.25) is 0 Å². The van der Waals surface area contributed by atoms with Crippen molar-refractivity contribution in [1.82, 2.24) is 14.9 Å². The van der Waals surface area contributed by atoms with Crippen LogP contribution in [0.3, 0.4) is 0 Å². The van der Waals surface area contributed by atoms with E-state index in [4.69, 9.17) is 5.11 Å². The number of nitrogens with zero attached hydrogens (tertiary/aromatic N) is 2. The van der Waals surface area contributed by atoms with E-state index in [0.29, 0.717) is 19.4 Å². The van der Waals surface area contributed by atoms with E-state index < -0.39 is 0 Å². The number of rotatable bonds is 8. The summed E-state index contributed by atoms with van der Waals surface area (Å²) in [5.74, 6) is 0.0304. The minimum absolute atomic E-state index is 0.0304. The predicted molar refractivity (Wildman–Crippen MR) is 70.1 cm³/mol. The van der Waals surface area contributed by atoms with E-state index in [2.05, 4.69) is 17.2 Å². The number of hydrogen-bond donors (Lipinski definition) is 2. The van der Waals surface area contributed by atoms with Crippen molar-refractivity contribution in [2.75, 3.05) is 6.54 Å². The van der Waals surface area contributed by atoms with Crippen molar-refractivity contribution in [3.63, 3.8) is 0 Å². The average Bonchev–Trinajstić information content (AvgIpc) is 2.81. The molecule has 1 amide bonds. The molecule has 2 N–H and O–H groups in total. The van der Waals surface area contributed by atoms with E-state index in [0.717, 1.165) is 12.8 Å². The van der Waals surface area contributed by atoms with Crippen LogP contribution in [0.15, 0.2) is 18.7 Å². The van der Waals surface area contributed by atoms with Gasteiger partial charge in [-0.2, -0.15) is 0 Å². The number of aliphatic hydroxyl groups is 1. The third-order valence-corrected chi connectivity index (χ3v) is 2.87. The summed E-state index contributed by atoms with van der Waals surface area (Å²) in [6.45, 7) is 4.35. The lowest BCUT2D eigenvalue weighted by atomic mass is 10.1. The highest BCUT2D eigenvalue weighted by atomic mass is 16.3. The molecule has 0 aliphatic heterocycles. The van der Waals surface area contributed by atoms with Crippen LogP contribution >= 0.6 is 0 Å². The molecule has 1 aromatic heterocycles. The molecule has 0 bridgehead atoms. The summed E-state index contributed by atoms with van der Waals surface area (Å²) >= 11 is 0. The zero-order chi connectivity index (χ0) is 13.4. The van der Waals surface area contributed by atoms with Crippen LogP contribution in [-0.2, 0) is 4.79 Å². The van der Waals surface area contributed by atoms with Crippen LogP contribution in [0.5, 0.6) is 0 Å². The Kier molecular flexibility index (Phi) is 6.43. The molecular weight excluding hydrogens is 230 g/mol. The van der Waals surface area contributed by atoms with E-state index in [1.165, 1.54) is 0 Å². The fourth-order valence-electron chi connectivity index (χ4n) is 1.88. The van der Waals surface area contributed by atoms with Gasteiger partial charge in [0.25, 0.3) is 0 Å². The highest BCUT2D eigenvalue weighted by Crippen LogP contribution is 2.17. The van der Waals surface area contributed by atoms with E-state index >= 15 is 0 Å². The smallest absolute Gasteiger partial charge is 0.222 e. The van der Waals surface area contributed by atoms with Gasteiger partial charge in [0, 0.05) is 31.4 Å². The molecule has 18 heavy (non-hydrogen) atoms. The van der Waals surface area contributed by atoms with Crippen LogP contribution in [-0.4, -0.2) is 33.2 Å². The van der Waals surface area contributed by atoms with Crippen LogP contribution in [0.4, 0.5) is 0 Å². The first-order valence-electron chi connectivity index (χ1n) is 6.55. The Bertz CT molecular complexity index is 336. The Balaban J connectivity index is 2.39. The Morgan fingerprint density at radius 1 is 1.50 bits per heavy atom. The van der Waals surface area contributed by atoms with Crippen molar-refractivity contribution in [2.45, 2.75) is 51.7 Å². The summed E-state index contributed by atoms with van der Waals surface area (Å²) in [6.07, 6.45) is 8.05. The minimum Gasteiger partial charge on any atom is -0.393 e. The molecule has 0 aliphatic rings. The number of aliphatic hydroxyl groups excluding tert-OH is 1. The van der Waals surface area contributed by atoms with Gasteiger partial charge < -0.3 is 15.0 Å². The number of imidazole rings is 1. The first-order chi connectivity index (χ1) is 8.63. The predicted octanol–water partition coefficient (Wildman–Crippen LogP) is 1.50. The Hall–Kier alpha value is -1.36. The fourth-order valence-corrected chi connectivity index (χ4v) is 1.88. The third-order valence-electron chi connectivity index (χ3n) is 2.87. The molecule has 0 saturated heterocycles. The van der Waals surface area contributed by atoms with Crippen LogP contribution < -0.4 is 5.32 Å². The van der Waals surface area contributed by atoms with Gasteiger partial charge in [-0.25, -0.2) is 4.98 Å². The SMILES string of the molecule is CCCC(CC(=O)NCCC(C)O)n1ccnc1. The van der Waals surface area contributed by atoms with Gasteiger partial charge in [-0.15, -0.1) is 0 Å². The highest BCUT2D eigenvalue weighted by Gasteiger charge is 2.14. The molecule has 1 heterocycles. The molecule has 0 aliphatic carbocycles. The van der Waals surface area contributed by atoms with E-state index in [-0.39, 0.29) is 18.1 Å². The maximum absolute atomic E-state index is 11.8. The molecule has 5 heteroatoms. The zero-order valence-electron chi connectivity index (χ0n) is 11.2. The molecule has 1 aromatic rings. The van der Waals surface area contributed by atoms with E-state index in [1.807, 2.05) is 10.8 Å². The van der Waals surface area contributed by atoms with Crippen molar-refractivity contribution < 1.29 is 9.90 Å². The number of carbonyl (C=O) groups is 1. The Labute approximate surface area is 108 Å². The summed E-state index contributed by atoms with van der Waals surface area (Å²) < 4.78 is 1.98. The largest absolute Gasteiger partial charge is 0.393 e. The second kappa shape index (κ2) is 7.87. The quantitative estimate of drug-likeness (QED) is 0.738. The van der Waals surface area contributed by atoms with Crippen molar-refractivity contribution in [1.29, 1.82) is 0 Å². The van der Waals surface area contributed by atoms with Gasteiger partial charge in [-0.1, -0.05) is 13.3 Å². The fraction of sp³-hybridized carbons (Fsp3) is 0.692. The van der Waals surface area contributed by atoms with E-state index in [1.54, 1.807) is 19.4 Å². The van der Waals surface area contributed by atoms with Crippen LogP contribution in [0.1, 0.15) is 45.6 Å². The molecule has 5 nitrogen and oxygen atoms in total. The average molecular weight is 253 g/mol. The summed E-state index contributed by atoms with van der Waals surface area (Å²) in [5.41, 5.74) is 0. The van der Waals surface area contributed by atoms with Gasteiger partial charge in [0.15, 0.2) is 0 Å². The van der Waals surface area contributed by atoms with Crippen molar-refractivity contribution >= 4 is 5.91 Å². The molecule has 0 fully saturated rings. The van der Waals surface area contributed by atoms with Crippen molar-refractivity contribution in [3.8, 4) is 0 Å². The lowest BCUT2D eigenvalue weighted by Gasteiger charge is -2.17. The maximum atomic E-state index is 11.8. The van der Waals surface area contributed by atoms with Crippen molar-refractivity contribution in [2.24, 2.45) is 0 Å². The Morgan fingerprint density at radius 3 is 2.83 bits per heavy atom. The van der Waals surface area contributed by atoms with Gasteiger partial charge in [-0.3, -0.25) is 4.79 Å². The number of hydrogen-bond acceptors (Lipinski definition) is 3. The summed E-state index contributed by atoms with van der Waals surface area (Å²) in [4.78, 5) is 15.8. The van der Waals surface area contributed by atoms with Gasteiger partial charge in [0.1, 0.15) is 0 Å².